The van der Waals surface area contributed by atoms with Crippen LogP contribution >= 0.6 is 36.2 Å². The third-order valence-electron chi connectivity index (χ3n) is 4.01. The predicted molar refractivity (Wildman–Crippen MR) is 124 cm³/mol. The van der Waals surface area contributed by atoms with Gasteiger partial charge >= 0.3 is 11.9 Å². The molecule has 0 fully saturated rings. The van der Waals surface area contributed by atoms with E-state index in [-0.39, 0.29) is 18.6 Å². The van der Waals surface area contributed by atoms with E-state index in [9.17, 15) is 24.0 Å². The minimum Gasteiger partial charge on any atom is -0.481 e. The van der Waals surface area contributed by atoms with E-state index < -0.39 is 60.2 Å². The summed E-state index contributed by atoms with van der Waals surface area (Å²) in [5, 5.41) is 25.2. The number of carbonyl (C=O) groups excluding carboxylic acids is 3. The van der Waals surface area contributed by atoms with Crippen LogP contribution < -0.4 is 21.7 Å². The van der Waals surface area contributed by atoms with E-state index in [4.69, 9.17) is 15.9 Å². The topological polar surface area (TPSA) is 188 Å². The monoisotopic (exact) mass is 498 g/mol. The summed E-state index contributed by atoms with van der Waals surface area (Å²) in [5.74, 6) is -3.79. The largest absolute Gasteiger partial charge is 0.481 e. The fraction of sp³-hybridized carbons (Fsp3) is 0.706. The number of aliphatic carboxylic acids is 2. The van der Waals surface area contributed by atoms with Gasteiger partial charge in [-0.2, -0.15) is 36.2 Å². The van der Waals surface area contributed by atoms with Crippen LogP contribution in [0.2, 0.25) is 0 Å². The summed E-state index contributed by atoms with van der Waals surface area (Å²) in [4.78, 5) is 59.5. The van der Waals surface area contributed by atoms with E-state index in [0.717, 1.165) is 0 Å². The maximum Gasteiger partial charge on any atom is 0.326 e. The maximum absolute atomic E-state index is 12.8. The zero-order valence-electron chi connectivity index (χ0n) is 17.3. The van der Waals surface area contributed by atoms with E-state index in [1.165, 1.54) is 23.5 Å². The van der Waals surface area contributed by atoms with Crippen LogP contribution in [0.25, 0.3) is 0 Å². The van der Waals surface area contributed by atoms with Gasteiger partial charge in [0.25, 0.3) is 0 Å². The molecule has 178 valence electrons. The average Bonchev–Trinajstić information content (AvgIpc) is 2.71. The van der Waals surface area contributed by atoms with Gasteiger partial charge < -0.3 is 31.9 Å². The van der Waals surface area contributed by atoms with Gasteiger partial charge in [0.2, 0.25) is 17.7 Å². The van der Waals surface area contributed by atoms with Crippen LogP contribution in [-0.4, -0.2) is 93.8 Å². The second-order valence-electron chi connectivity index (χ2n) is 6.47. The molecule has 4 unspecified atom stereocenters. The molecule has 0 bridgehead atoms. The molecule has 4 atom stereocenters. The molecule has 0 saturated heterocycles. The highest BCUT2D eigenvalue weighted by Gasteiger charge is 2.30. The molecule has 11 nitrogen and oxygen atoms in total. The van der Waals surface area contributed by atoms with Crippen LogP contribution in [0.15, 0.2) is 0 Å². The Labute approximate surface area is 194 Å². The molecular formula is C17H30N4O7S3. The Kier molecular flexibility index (Phi) is 15.2. The number of carboxylic acids is 2. The van der Waals surface area contributed by atoms with Crippen molar-refractivity contribution in [3.05, 3.63) is 0 Å². The molecule has 0 radical (unpaired) electrons. The van der Waals surface area contributed by atoms with Crippen molar-refractivity contribution >= 4 is 65.8 Å². The predicted octanol–water partition coefficient (Wildman–Crippen LogP) is -1.24. The van der Waals surface area contributed by atoms with Gasteiger partial charge in [-0.05, 0) is 36.9 Å². The summed E-state index contributed by atoms with van der Waals surface area (Å²) in [6.45, 7) is 0. The molecule has 0 aromatic carbocycles. The summed E-state index contributed by atoms with van der Waals surface area (Å²) in [6, 6.07) is -4.61. The number of nitrogens with one attached hydrogen (secondary N) is 3. The lowest BCUT2D eigenvalue weighted by molar-refractivity contribution is -0.147. The minimum absolute atomic E-state index is 0.0849. The molecule has 0 heterocycles. The fourth-order valence-corrected chi connectivity index (χ4v) is 3.40. The molecule has 7 N–H and O–H groups in total. The standard InChI is InChI=1S/C17H30N4O7S3/c1-30-5-3-10(19-14(24)9(18)8-29)15(25)20-11(4-6-31-2)16(26)21-12(17(27)28)7-13(22)23/h9-12,29H,3-8,18H2,1-2H3,(H,19,24)(H,20,25)(H,21,26)(H,22,23)(H,27,28). The van der Waals surface area contributed by atoms with Crippen molar-refractivity contribution in [2.24, 2.45) is 5.73 Å². The van der Waals surface area contributed by atoms with Gasteiger partial charge in [-0.1, -0.05) is 0 Å². The van der Waals surface area contributed by atoms with Crippen LogP contribution in [0, 0.1) is 0 Å². The van der Waals surface area contributed by atoms with Crippen molar-refractivity contribution in [2.75, 3.05) is 29.8 Å². The number of carbonyl (C=O) groups is 5. The Morgan fingerprint density at radius 1 is 0.839 bits per heavy atom. The zero-order valence-corrected chi connectivity index (χ0v) is 19.9. The number of thiol groups is 1. The lowest BCUT2D eigenvalue weighted by atomic mass is 10.1. The van der Waals surface area contributed by atoms with Crippen molar-refractivity contribution in [2.45, 2.75) is 43.4 Å². The third kappa shape index (κ3) is 12.1. The van der Waals surface area contributed by atoms with Crippen LogP contribution in [0.5, 0.6) is 0 Å². The van der Waals surface area contributed by atoms with E-state index in [0.29, 0.717) is 11.5 Å². The molecule has 0 aromatic rings. The van der Waals surface area contributed by atoms with Gasteiger partial charge in [-0.15, -0.1) is 0 Å². The van der Waals surface area contributed by atoms with Gasteiger partial charge in [0.15, 0.2) is 0 Å². The third-order valence-corrected chi connectivity index (χ3v) is 5.70. The van der Waals surface area contributed by atoms with Crippen molar-refractivity contribution < 1.29 is 34.2 Å². The van der Waals surface area contributed by atoms with E-state index >= 15 is 0 Å². The number of amides is 3. The van der Waals surface area contributed by atoms with Crippen LogP contribution in [0.3, 0.4) is 0 Å². The molecule has 3 amide bonds. The van der Waals surface area contributed by atoms with Gasteiger partial charge in [0.05, 0.1) is 12.5 Å². The van der Waals surface area contributed by atoms with Crippen molar-refractivity contribution in [1.82, 2.24) is 16.0 Å². The number of nitrogens with two attached hydrogens (primary N) is 1. The Balaban J connectivity index is 5.38. The van der Waals surface area contributed by atoms with Crippen LogP contribution in [0.1, 0.15) is 19.3 Å². The smallest absolute Gasteiger partial charge is 0.326 e. The van der Waals surface area contributed by atoms with Gasteiger partial charge in [0, 0.05) is 5.75 Å². The SMILES string of the molecule is CSCCC(NC(=O)C(N)CS)C(=O)NC(CCSC)C(=O)NC(CC(=O)O)C(=O)O. The fourth-order valence-electron chi connectivity index (χ4n) is 2.29. The molecule has 14 heteroatoms. The molecule has 0 aromatic heterocycles. The summed E-state index contributed by atoms with van der Waals surface area (Å²) >= 11 is 6.83. The Hall–Kier alpha value is -1.64. The first-order valence-corrected chi connectivity index (χ1v) is 12.7. The number of hydrogen-bond donors (Lipinski definition) is 7. The van der Waals surface area contributed by atoms with E-state index in [1.54, 1.807) is 6.26 Å². The quantitative estimate of drug-likeness (QED) is 0.127. The van der Waals surface area contributed by atoms with Crippen LogP contribution in [-0.2, 0) is 24.0 Å². The average molecular weight is 499 g/mol. The maximum atomic E-state index is 12.8. The van der Waals surface area contributed by atoms with Crippen LogP contribution in [0.4, 0.5) is 0 Å². The lowest BCUT2D eigenvalue weighted by Crippen LogP contribution is -2.57. The lowest BCUT2D eigenvalue weighted by Gasteiger charge is -2.24. The molecule has 0 aliphatic heterocycles. The molecule has 0 spiro atoms. The summed E-state index contributed by atoms with van der Waals surface area (Å²) < 4.78 is 0. The Morgan fingerprint density at radius 2 is 1.26 bits per heavy atom. The van der Waals surface area contributed by atoms with E-state index in [1.807, 2.05) is 6.26 Å². The van der Waals surface area contributed by atoms with Crippen molar-refractivity contribution in [3.63, 3.8) is 0 Å². The highest BCUT2D eigenvalue weighted by molar-refractivity contribution is 7.98. The highest BCUT2D eigenvalue weighted by Crippen LogP contribution is 2.06. The summed E-state index contributed by atoms with van der Waals surface area (Å²) in [6.07, 6.45) is 3.28. The molecule has 0 aliphatic carbocycles. The molecule has 0 rings (SSSR count). The van der Waals surface area contributed by atoms with E-state index in [2.05, 4.69) is 28.6 Å². The normalized spacial score (nSPS) is 14.6. The number of rotatable bonds is 16. The van der Waals surface area contributed by atoms with Crippen molar-refractivity contribution in [1.29, 1.82) is 0 Å². The second-order valence-corrected chi connectivity index (χ2v) is 8.81. The molecule has 31 heavy (non-hydrogen) atoms. The first-order chi connectivity index (χ1) is 14.6. The van der Waals surface area contributed by atoms with Gasteiger partial charge in [-0.25, -0.2) is 4.79 Å². The first kappa shape index (κ1) is 29.4. The van der Waals surface area contributed by atoms with Gasteiger partial charge in [0.1, 0.15) is 18.1 Å². The zero-order chi connectivity index (χ0) is 24.0. The molecule has 0 aliphatic rings. The number of thioether (sulfide) groups is 2. The summed E-state index contributed by atoms with van der Waals surface area (Å²) in [7, 11) is 0. The molecular weight excluding hydrogens is 468 g/mol. The molecule has 0 saturated carbocycles. The summed E-state index contributed by atoms with van der Waals surface area (Å²) in [5.41, 5.74) is 5.64. The first-order valence-electron chi connectivity index (χ1n) is 9.27. The number of carboxylic acid groups (broad SMARTS) is 2. The minimum atomic E-state index is -1.64. The second kappa shape index (κ2) is 16.1. The highest BCUT2D eigenvalue weighted by atomic mass is 32.2. The Bertz CT molecular complexity index is 639. The number of hydrogen-bond acceptors (Lipinski definition) is 9. The van der Waals surface area contributed by atoms with Crippen molar-refractivity contribution in [3.8, 4) is 0 Å². The Morgan fingerprint density at radius 3 is 1.61 bits per heavy atom. The van der Waals surface area contributed by atoms with Gasteiger partial charge in [-0.3, -0.25) is 19.2 Å².